The van der Waals surface area contributed by atoms with E-state index < -0.39 is 6.61 Å². The van der Waals surface area contributed by atoms with Gasteiger partial charge in [-0.25, -0.2) is 0 Å². The number of ether oxygens (including phenoxy) is 1. The summed E-state index contributed by atoms with van der Waals surface area (Å²) in [5.74, 6) is 1.04. The van der Waals surface area contributed by atoms with Crippen molar-refractivity contribution in [2.75, 3.05) is 17.2 Å². The van der Waals surface area contributed by atoms with E-state index in [1.807, 2.05) is 0 Å². The van der Waals surface area contributed by atoms with E-state index in [0.717, 1.165) is 0 Å². The first-order valence-corrected chi connectivity index (χ1v) is 6.19. The van der Waals surface area contributed by atoms with Crippen LogP contribution in [0.1, 0.15) is 6.42 Å². The fourth-order valence-electron chi connectivity index (χ4n) is 1.96. The minimum Gasteiger partial charge on any atom is -0.435 e. The number of hydrogen-bond acceptors (Lipinski definition) is 3. The largest absolute Gasteiger partial charge is 0.435 e. The Kier molecular flexibility index (Phi) is 4.06. The van der Waals surface area contributed by atoms with E-state index in [4.69, 9.17) is 0 Å². The summed E-state index contributed by atoms with van der Waals surface area (Å²) in [5, 5.41) is 0. The summed E-state index contributed by atoms with van der Waals surface area (Å²) in [6.45, 7) is -2.21. The predicted molar refractivity (Wildman–Crippen MR) is 67.4 cm³/mol. The molecule has 0 radical (unpaired) electrons. The minimum absolute atomic E-state index is 0.0385. The zero-order chi connectivity index (χ0) is 13.1. The number of carbonyl (C=O) groups is 1. The van der Waals surface area contributed by atoms with Gasteiger partial charge < -0.3 is 9.64 Å². The lowest BCUT2D eigenvalue weighted by molar-refractivity contribution is -0.117. The van der Waals surface area contributed by atoms with Crippen LogP contribution < -0.4 is 9.64 Å². The Labute approximate surface area is 109 Å². The lowest BCUT2D eigenvalue weighted by Crippen LogP contribution is -2.24. The van der Waals surface area contributed by atoms with Crippen LogP contribution in [0.2, 0.25) is 0 Å². The minimum atomic E-state index is -2.84. The first-order valence-electron chi connectivity index (χ1n) is 5.56. The Balaban J connectivity index is 2.08. The van der Waals surface area contributed by atoms with Gasteiger partial charge >= 0.3 is 6.61 Å². The number of carbonyl (C=O) groups excluding carboxylic acids is 1. The van der Waals surface area contributed by atoms with Crippen molar-refractivity contribution >= 4 is 24.2 Å². The average Bonchev–Trinajstić information content (AvgIpc) is 2.71. The van der Waals surface area contributed by atoms with Crippen LogP contribution in [0.15, 0.2) is 24.3 Å². The third-order valence-corrected chi connectivity index (χ3v) is 3.35. The number of hydrogen-bond donors (Lipinski definition) is 1. The number of amides is 1. The van der Waals surface area contributed by atoms with Crippen LogP contribution in [-0.2, 0) is 4.79 Å². The van der Waals surface area contributed by atoms with Gasteiger partial charge in [-0.1, -0.05) is 0 Å². The molecule has 2 rings (SSSR count). The molecule has 3 nitrogen and oxygen atoms in total. The van der Waals surface area contributed by atoms with Crippen molar-refractivity contribution in [3.63, 3.8) is 0 Å². The molecule has 0 spiro atoms. The van der Waals surface area contributed by atoms with Crippen molar-refractivity contribution in [1.82, 2.24) is 0 Å². The van der Waals surface area contributed by atoms with Crippen molar-refractivity contribution in [3.05, 3.63) is 24.3 Å². The van der Waals surface area contributed by atoms with Crippen LogP contribution in [0.3, 0.4) is 0 Å². The van der Waals surface area contributed by atoms with E-state index in [1.54, 1.807) is 17.0 Å². The van der Waals surface area contributed by atoms with E-state index in [0.29, 0.717) is 24.4 Å². The van der Waals surface area contributed by atoms with Gasteiger partial charge in [-0.2, -0.15) is 21.4 Å². The van der Waals surface area contributed by atoms with Gasteiger partial charge in [-0.05, 0) is 35.9 Å². The normalized spacial score (nSPS) is 19.7. The summed E-state index contributed by atoms with van der Waals surface area (Å²) in [4.78, 5) is 13.4. The zero-order valence-corrected chi connectivity index (χ0v) is 10.4. The van der Waals surface area contributed by atoms with Crippen LogP contribution in [0.5, 0.6) is 5.75 Å². The monoisotopic (exact) mass is 273 g/mol. The van der Waals surface area contributed by atoms with Crippen molar-refractivity contribution in [2.45, 2.75) is 13.0 Å². The lowest BCUT2D eigenvalue weighted by atomic mass is 10.1. The van der Waals surface area contributed by atoms with Crippen LogP contribution in [-0.4, -0.2) is 24.8 Å². The van der Waals surface area contributed by atoms with Gasteiger partial charge in [0.2, 0.25) is 5.91 Å². The molecule has 1 amide bonds. The van der Waals surface area contributed by atoms with Crippen LogP contribution >= 0.6 is 12.6 Å². The number of benzene rings is 1. The van der Waals surface area contributed by atoms with E-state index in [2.05, 4.69) is 17.4 Å². The third kappa shape index (κ3) is 2.93. The predicted octanol–water partition coefficient (Wildman–Crippen LogP) is 2.57. The van der Waals surface area contributed by atoms with Gasteiger partial charge in [0.05, 0.1) is 0 Å². The second kappa shape index (κ2) is 5.56. The standard InChI is InChI=1S/C12H13F2NO2S/c13-12(14)17-10-3-1-9(2-4-10)15-6-8(7-18)5-11(15)16/h1-4,8,12,18H,5-7H2. The summed E-state index contributed by atoms with van der Waals surface area (Å²) < 4.78 is 28.2. The van der Waals surface area contributed by atoms with Crippen LogP contribution in [0, 0.1) is 5.92 Å². The van der Waals surface area contributed by atoms with Crippen molar-refractivity contribution in [1.29, 1.82) is 0 Å². The molecule has 1 saturated heterocycles. The zero-order valence-electron chi connectivity index (χ0n) is 9.55. The maximum atomic E-state index is 12.0. The molecule has 0 bridgehead atoms. The molecule has 0 saturated carbocycles. The van der Waals surface area contributed by atoms with Gasteiger partial charge in [-0.15, -0.1) is 0 Å². The third-order valence-electron chi connectivity index (χ3n) is 2.84. The van der Waals surface area contributed by atoms with E-state index in [-0.39, 0.29) is 17.6 Å². The van der Waals surface area contributed by atoms with Crippen LogP contribution in [0.25, 0.3) is 0 Å². The summed E-state index contributed by atoms with van der Waals surface area (Å²) in [7, 11) is 0. The van der Waals surface area contributed by atoms with E-state index in [9.17, 15) is 13.6 Å². The molecule has 6 heteroatoms. The highest BCUT2D eigenvalue weighted by Crippen LogP contribution is 2.27. The highest BCUT2D eigenvalue weighted by Gasteiger charge is 2.29. The second-order valence-corrected chi connectivity index (χ2v) is 4.49. The molecule has 1 aliphatic rings. The maximum Gasteiger partial charge on any atom is 0.387 e. The fraction of sp³-hybridized carbons (Fsp3) is 0.417. The fourth-order valence-corrected chi connectivity index (χ4v) is 2.21. The quantitative estimate of drug-likeness (QED) is 0.854. The van der Waals surface area contributed by atoms with Gasteiger partial charge in [0.1, 0.15) is 5.75 Å². The lowest BCUT2D eigenvalue weighted by Gasteiger charge is -2.16. The van der Waals surface area contributed by atoms with Crippen molar-refractivity contribution in [2.24, 2.45) is 5.92 Å². The van der Waals surface area contributed by atoms with Crippen molar-refractivity contribution in [3.8, 4) is 5.75 Å². The molecule has 98 valence electrons. The molecule has 1 unspecified atom stereocenters. The van der Waals surface area contributed by atoms with Crippen molar-refractivity contribution < 1.29 is 18.3 Å². The Morgan fingerprint density at radius 3 is 2.56 bits per heavy atom. The molecule has 1 heterocycles. The highest BCUT2D eigenvalue weighted by atomic mass is 32.1. The van der Waals surface area contributed by atoms with Crippen LogP contribution in [0.4, 0.5) is 14.5 Å². The molecule has 1 aromatic rings. The molecule has 18 heavy (non-hydrogen) atoms. The second-order valence-electron chi connectivity index (χ2n) is 4.13. The number of halogens is 2. The molecule has 0 aromatic heterocycles. The smallest absolute Gasteiger partial charge is 0.387 e. The number of nitrogens with zero attached hydrogens (tertiary/aromatic N) is 1. The van der Waals surface area contributed by atoms with Gasteiger partial charge in [-0.3, -0.25) is 4.79 Å². The SMILES string of the molecule is O=C1CC(CS)CN1c1ccc(OC(F)F)cc1. The first-order chi connectivity index (χ1) is 8.60. The number of rotatable bonds is 4. The highest BCUT2D eigenvalue weighted by molar-refractivity contribution is 7.80. The summed E-state index contributed by atoms with van der Waals surface area (Å²) in [6, 6.07) is 6.08. The Bertz CT molecular complexity index is 425. The van der Waals surface area contributed by atoms with Gasteiger partial charge in [0.25, 0.3) is 0 Å². The Hall–Kier alpha value is -1.30. The maximum absolute atomic E-state index is 12.0. The number of thiol groups is 1. The Morgan fingerprint density at radius 1 is 1.39 bits per heavy atom. The number of alkyl halides is 2. The topological polar surface area (TPSA) is 29.5 Å². The molecule has 0 aliphatic carbocycles. The van der Waals surface area contributed by atoms with E-state index >= 15 is 0 Å². The summed E-state index contributed by atoms with van der Waals surface area (Å²) in [5.41, 5.74) is 0.700. The summed E-state index contributed by atoms with van der Waals surface area (Å²) in [6.07, 6.45) is 0.485. The summed E-state index contributed by atoms with van der Waals surface area (Å²) >= 11 is 4.18. The molecule has 1 aliphatic heterocycles. The molecule has 1 fully saturated rings. The Morgan fingerprint density at radius 2 is 2.06 bits per heavy atom. The average molecular weight is 273 g/mol. The first kappa shape index (κ1) is 13.1. The molecule has 0 N–H and O–H groups in total. The number of anilines is 1. The molecular formula is C12H13F2NO2S. The molecule has 1 aromatic carbocycles. The molecule has 1 atom stereocenters. The molecular weight excluding hydrogens is 260 g/mol. The van der Waals surface area contributed by atoms with Gasteiger partial charge in [0.15, 0.2) is 0 Å². The van der Waals surface area contributed by atoms with Gasteiger partial charge in [0, 0.05) is 18.7 Å². The van der Waals surface area contributed by atoms with E-state index in [1.165, 1.54) is 12.1 Å².